The zero-order chi connectivity index (χ0) is 28.4. The molecule has 0 aliphatic heterocycles. The maximum absolute atomic E-state index is 12.7. The fourth-order valence-corrected chi connectivity index (χ4v) is 3.86. The summed E-state index contributed by atoms with van der Waals surface area (Å²) in [7, 11) is 0. The summed E-state index contributed by atoms with van der Waals surface area (Å²) in [4.78, 5) is 25.3. The highest BCUT2D eigenvalue weighted by Gasteiger charge is 2.16. The lowest BCUT2D eigenvalue weighted by Gasteiger charge is -2.15. The van der Waals surface area contributed by atoms with E-state index in [4.69, 9.17) is 25.8 Å². The van der Waals surface area contributed by atoms with Gasteiger partial charge in [-0.05, 0) is 92.9 Å². The normalized spacial score (nSPS) is 10.8. The molecule has 0 saturated heterocycles. The third-order valence-electron chi connectivity index (χ3n) is 5.45. The lowest BCUT2D eigenvalue weighted by atomic mass is 10.1. The number of carbonyl (C=O) groups excluding carboxylic acids is 2. The number of anilines is 2. The van der Waals surface area contributed by atoms with E-state index in [9.17, 15) is 14.9 Å². The molecule has 202 valence electrons. The lowest BCUT2D eigenvalue weighted by Crippen LogP contribution is -2.21. The van der Waals surface area contributed by atoms with Gasteiger partial charge in [0.25, 0.3) is 11.8 Å². The van der Waals surface area contributed by atoms with E-state index in [0.717, 1.165) is 11.1 Å². The highest BCUT2D eigenvalue weighted by molar-refractivity contribution is 6.32. The first kappa shape index (κ1) is 29.1. The van der Waals surface area contributed by atoms with Crippen LogP contribution in [0.3, 0.4) is 0 Å². The Morgan fingerprint density at radius 1 is 0.949 bits per heavy atom. The van der Waals surface area contributed by atoms with Gasteiger partial charge in [-0.15, -0.1) is 0 Å². The first-order chi connectivity index (χ1) is 18.7. The average molecular weight is 548 g/mol. The maximum Gasteiger partial charge on any atom is 0.266 e. The number of rotatable bonds is 11. The van der Waals surface area contributed by atoms with Gasteiger partial charge in [0, 0.05) is 11.4 Å². The Kier molecular flexibility index (Phi) is 10.4. The molecule has 0 spiro atoms. The van der Waals surface area contributed by atoms with Crippen LogP contribution in [0.25, 0.3) is 6.08 Å². The van der Waals surface area contributed by atoms with E-state index in [1.807, 2.05) is 45.0 Å². The van der Waals surface area contributed by atoms with Crippen LogP contribution in [0.15, 0.2) is 60.2 Å². The van der Waals surface area contributed by atoms with Crippen molar-refractivity contribution in [2.75, 3.05) is 30.5 Å². The molecule has 2 amide bonds. The van der Waals surface area contributed by atoms with Crippen molar-refractivity contribution in [2.45, 2.75) is 27.7 Å². The molecule has 0 saturated carbocycles. The Labute approximate surface area is 233 Å². The molecule has 3 aromatic rings. The van der Waals surface area contributed by atoms with Crippen molar-refractivity contribution >= 4 is 40.9 Å². The highest BCUT2D eigenvalue weighted by atomic mass is 35.5. The van der Waals surface area contributed by atoms with Gasteiger partial charge in [0.15, 0.2) is 18.1 Å². The lowest BCUT2D eigenvalue weighted by molar-refractivity contribution is -0.118. The number of halogens is 1. The molecule has 0 radical (unpaired) electrons. The zero-order valence-corrected chi connectivity index (χ0v) is 23.0. The van der Waals surface area contributed by atoms with E-state index in [2.05, 4.69) is 10.6 Å². The molecule has 2 N–H and O–H groups in total. The van der Waals surface area contributed by atoms with Gasteiger partial charge in [-0.3, -0.25) is 9.59 Å². The van der Waals surface area contributed by atoms with Crippen molar-refractivity contribution in [1.82, 2.24) is 0 Å². The van der Waals surface area contributed by atoms with Crippen LogP contribution in [0, 0.1) is 25.2 Å². The number of nitriles is 1. The van der Waals surface area contributed by atoms with Crippen LogP contribution in [0.1, 0.15) is 30.5 Å². The minimum Gasteiger partial charge on any atom is -0.494 e. The third kappa shape index (κ3) is 8.25. The molecule has 8 nitrogen and oxygen atoms in total. The number of amides is 2. The molecule has 3 rings (SSSR count). The fraction of sp³-hybridized carbons (Fsp3) is 0.233. The second-order valence-corrected chi connectivity index (χ2v) is 8.91. The van der Waals surface area contributed by atoms with E-state index in [-0.39, 0.29) is 34.6 Å². The Balaban J connectivity index is 1.75. The first-order valence-electron chi connectivity index (χ1n) is 12.4. The number of benzene rings is 3. The number of hydrogen-bond acceptors (Lipinski definition) is 6. The minimum absolute atomic E-state index is 0.135. The molecule has 0 aliphatic carbocycles. The van der Waals surface area contributed by atoms with Gasteiger partial charge in [0.05, 0.1) is 18.2 Å². The van der Waals surface area contributed by atoms with Crippen molar-refractivity contribution in [2.24, 2.45) is 0 Å². The number of aryl methyl sites for hydroxylation is 2. The third-order valence-corrected chi connectivity index (χ3v) is 5.73. The number of nitrogens with one attached hydrogen (secondary N) is 2. The fourth-order valence-electron chi connectivity index (χ4n) is 3.58. The smallest absolute Gasteiger partial charge is 0.266 e. The molecule has 0 heterocycles. The summed E-state index contributed by atoms with van der Waals surface area (Å²) in [6, 6.07) is 17.6. The predicted molar refractivity (Wildman–Crippen MR) is 152 cm³/mol. The molecule has 9 heteroatoms. The number of nitrogens with zero attached hydrogens (tertiary/aromatic N) is 1. The van der Waals surface area contributed by atoms with E-state index < -0.39 is 5.91 Å². The highest BCUT2D eigenvalue weighted by Crippen LogP contribution is 2.37. The van der Waals surface area contributed by atoms with Gasteiger partial charge >= 0.3 is 0 Å². The van der Waals surface area contributed by atoms with Crippen LogP contribution in [0.4, 0.5) is 11.4 Å². The van der Waals surface area contributed by atoms with Crippen LogP contribution < -0.4 is 24.8 Å². The Morgan fingerprint density at radius 2 is 1.67 bits per heavy atom. The second-order valence-electron chi connectivity index (χ2n) is 8.50. The predicted octanol–water partition coefficient (Wildman–Crippen LogP) is 6.32. The van der Waals surface area contributed by atoms with Crippen LogP contribution in [0.2, 0.25) is 5.02 Å². The van der Waals surface area contributed by atoms with E-state index in [1.54, 1.807) is 37.3 Å². The summed E-state index contributed by atoms with van der Waals surface area (Å²) in [6.45, 7) is 8.05. The van der Waals surface area contributed by atoms with Gasteiger partial charge in [-0.25, -0.2) is 0 Å². The SMILES string of the molecule is CCOc1ccc(NC(=O)/C(C#N)=C/c2cc(Cl)c(OCC(=O)Nc3cc(C)ccc3C)c(OCC)c2)cc1. The van der Waals surface area contributed by atoms with Crippen LogP contribution >= 0.6 is 11.6 Å². The molecule has 39 heavy (non-hydrogen) atoms. The zero-order valence-electron chi connectivity index (χ0n) is 22.3. The van der Waals surface area contributed by atoms with Gasteiger partial charge in [0.1, 0.15) is 17.4 Å². The molecule has 3 aromatic carbocycles. The molecule has 0 unspecified atom stereocenters. The van der Waals surface area contributed by atoms with Gasteiger partial charge < -0.3 is 24.8 Å². The largest absolute Gasteiger partial charge is 0.494 e. The van der Waals surface area contributed by atoms with Crippen LogP contribution in [-0.2, 0) is 9.59 Å². The summed E-state index contributed by atoms with van der Waals surface area (Å²) in [5.41, 5.74) is 3.48. The standard InChI is InChI=1S/C30H30ClN3O5/c1-5-37-24-11-9-23(10-12-24)33-30(36)22(17-32)14-21-15-25(31)29(27(16-21)38-6-2)39-18-28(35)34-26-13-19(3)7-8-20(26)4/h7-16H,5-6,18H2,1-4H3,(H,33,36)(H,34,35)/b22-14+. The topological polar surface area (TPSA) is 110 Å². The van der Waals surface area contributed by atoms with E-state index in [0.29, 0.717) is 35.9 Å². The molecular formula is C30H30ClN3O5. The summed E-state index contributed by atoms with van der Waals surface area (Å²) in [5.74, 6) is 0.196. The quantitative estimate of drug-likeness (QED) is 0.215. The van der Waals surface area contributed by atoms with E-state index in [1.165, 1.54) is 12.1 Å². The Hall–Kier alpha value is -4.48. The summed E-state index contributed by atoms with van der Waals surface area (Å²) in [5, 5.41) is 15.3. The number of ether oxygens (including phenoxy) is 3. The summed E-state index contributed by atoms with van der Waals surface area (Å²) >= 11 is 6.48. The maximum atomic E-state index is 12.7. The molecule has 0 aliphatic rings. The average Bonchev–Trinajstić information content (AvgIpc) is 2.90. The number of carbonyl (C=O) groups is 2. The van der Waals surface area contributed by atoms with Crippen molar-refractivity contribution in [3.8, 4) is 23.3 Å². The molecule has 0 atom stereocenters. The number of hydrogen-bond donors (Lipinski definition) is 2. The first-order valence-corrected chi connectivity index (χ1v) is 12.7. The summed E-state index contributed by atoms with van der Waals surface area (Å²) in [6.07, 6.45) is 1.40. The Bertz CT molecular complexity index is 1410. The second kappa shape index (κ2) is 13.9. The van der Waals surface area contributed by atoms with Crippen LogP contribution in [0.5, 0.6) is 17.2 Å². The van der Waals surface area contributed by atoms with Crippen molar-refractivity contribution in [3.63, 3.8) is 0 Å². The van der Waals surface area contributed by atoms with Gasteiger partial charge in [-0.1, -0.05) is 23.7 Å². The molecule has 0 aromatic heterocycles. The van der Waals surface area contributed by atoms with Crippen molar-refractivity contribution < 1.29 is 23.8 Å². The molecule has 0 bridgehead atoms. The minimum atomic E-state index is -0.584. The van der Waals surface area contributed by atoms with E-state index >= 15 is 0 Å². The van der Waals surface area contributed by atoms with Crippen molar-refractivity contribution in [1.29, 1.82) is 5.26 Å². The van der Waals surface area contributed by atoms with Crippen molar-refractivity contribution in [3.05, 3.63) is 81.9 Å². The monoisotopic (exact) mass is 547 g/mol. The van der Waals surface area contributed by atoms with Crippen LogP contribution in [-0.4, -0.2) is 31.6 Å². The van der Waals surface area contributed by atoms with Gasteiger partial charge in [-0.2, -0.15) is 5.26 Å². The molecule has 0 fully saturated rings. The summed E-state index contributed by atoms with van der Waals surface area (Å²) < 4.78 is 16.8. The Morgan fingerprint density at radius 3 is 2.33 bits per heavy atom. The van der Waals surface area contributed by atoms with Gasteiger partial charge in [0.2, 0.25) is 0 Å². The molecular weight excluding hydrogens is 518 g/mol.